The summed E-state index contributed by atoms with van der Waals surface area (Å²) in [5.41, 5.74) is 1.83. The zero-order chi connectivity index (χ0) is 13.8. The van der Waals surface area contributed by atoms with E-state index in [-0.39, 0.29) is 0 Å². The van der Waals surface area contributed by atoms with E-state index in [1.54, 1.807) is 0 Å². The summed E-state index contributed by atoms with van der Waals surface area (Å²) in [5.74, 6) is 2.08. The molecule has 0 aromatic carbocycles. The third-order valence-electron chi connectivity index (χ3n) is 2.84. The Hall–Kier alpha value is -1.08. The first-order valence-corrected chi connectivity index (χ1v) is 8.06. The highest BCUT2D eigenvalue weighted by Gasteiger charge is 2.18. The summed E-state index contributed by atoms with van der Waals surface area (Å²) in [4.78, 5) is 4.46. The SMILES string of the molecule is CCC(C)SCc1noc(-c2c(C)nsc2NC)n1. The summed E-state index contributed by atoms with van der Waals surface area (Å²) in [5, 5.41) is 8.71. The van der Waals surface area contributed by atoms with Crippen molar-refractivity contribution in [1.82, 2.24) is 14.5 Å². The van der Waals surface area contributed by atoms with E-state index < -0.39 is 0 Å². The standard InChI is InChI=1S/C12H18N4OS2/c1-5-7(2)18-6-9-14-11(17-15-9)10-8(3)16-19-12(10)13-4/h7,13H,5-6H2,1-4H3. The Morgan fingerprint density at radius 1 is 1.47 bits per heavy atom. The molecule has 0 aliphatic heterocycles. The van der Waals surface area contributed by atoms with Gasteiger partial charge in [-0.2, -0.15) is 21.1 Å². The Kier molecular flexibility index (Phi) is 4.81. The number of anilines is 1. The fourth-order valence-electron chi connectivity index (χ4n) is 1.54. The summed E-state index contributed by atoms with van der Waals surface area (Å²) in [6, 6.07) is 0. The molecular weight excluding hydrogens is 280 g/mol. The molecule has 2 aromatic rings. The average Bonchev–Trinajstić information content (AvgIpc) is 3.01. The van der Waals surface area contributed by atoms with Gasteiger partial charge in [0.05, 0.1) is 17.0 Å². The maximum absolute atomic E-state index is 5.35. The van der Waals surface area contributed by atoms with Crippen molar-refractivity contribution in [3.8, 4) is 11.5 Å². The van der Waals surface area contributed by atoms with Crippen LogP contribution in [-0.4, -0.2) is 26.8 Å². The van der Waals surface area contributed by atoms with Gasteiger partial charge in [0.25, 0.3) is 5.89 Å². The number of thioether (sulfide) groups is 1. The van der Waals surface area contributed by atoms with E-state index in [0.29, 0.717) is 11.1 Å². The Labute approximate surface area is 121 Å². The van der Waals surface area contributed by atoms with Gasteiger partial charge in [-0.25, -0.2) is 0 Å². The van der Waals surface area contributed by atoms with Crippen LogP contribution in [0.15, 0.2) is 4.52 Å². The number of hydrogen-bond donors (Lipinski definition) is 1. The number of aromatic nitrogens is 3. The molecule has 0 amide bonds. The molecule has 0 aliphatic rings. The normalized spacial score (nSPS) is 12.6. The van der Waals surface area contributed by atoms with Crippen molar-refractivity contribution in [2.75, 3.05) is 12.4 Å². The number of aryl methyl sites for hydroxylation is 1. The van der Waals surface area contributed by atoms with E-state index in [2.05, 4.69) is 33.7 Å². The van der Waals surface area contributed by atoms with Gasteiger partial charge in [0.2, 0.25) is 0 Å². The van der Waals surface area contributed by atoms with Crippen molar-refractivity contribution >= 4 is 28.3 Å². The molecule has 1 N–H and O–H groups in total. The van der Waals surface area contributed by atoms with Crippen LogP contribution in [0.2, 0.25) is 0 Å². The van der Waals surface area contributed by atoms with Crippen LogP contribution in [0.3, 0.4) is 0 Å². The fourth-order valence-corrected chi connectivity index (χ4v) is 3.06. The molecule has 19 heavy (non-hydrogen) atoms. The van der Waals surface area contributed by atoms with Crippen molar-refractivity contribution in [3.05, 3.63) is 11.5 Å². The van der Waals surface area contributed by atoms with Crippen molar-refractivity contribution in [2.45, 2.75) is 38.2 Å². The lowest BCUT2D eigenvalue weighted by Crippen LogP contribution is -1.95. The second kappa shape index (κ2) is 6.38. The Morgan fingerprint density at radius 3 is 2.95 bits per heavy atom. The van der Waals surface area contributed by atoms with Gasteiger partial charge in [-0.1, -0.05) is 19.0 Å². The van der Waals surface area contributed by atoms with Gasteiger partial charge in [0.1, 0.15) is 5.00 Å². The second-order valence-electron chi connectivity index (χ2n) is 4.27. The molecule has 0 radical (unpaired) electrons. The van der Waals surface area contributed by atoms with E-state index in [9.17, 15) is 0 Å². The van der Waals surface area contributed by atoms with E-state index in [1.807, 2.05) is 25.7 Å². The first-order valence-electron chi connectivity index (χ1n) is 6.24. The van der Waals surface area contributed by atoms with Crippen molar-refractivity contribution < 1.29 is 4.52 Å². The Bertz CT molecular complexity index is 538. The average molecular weight is 298 g/mol. The van der Waals surface area contributed by atoms with Gasteiger partial charge < -0.3 is 9.84 Å². The van der Waals surface area contributed by atoms with Crippen molar-refractivity contribution in [1.29, 1.82) is 0 Å². The van der Waals surface area contributed by atoms with E-state index >= 15 is 0 Å². The third kappa shape index (κ3) is 3.27. The minimum absolute atomic E-state index is 0.551. The van der Waals surface area contributed by atoms with Crippen LogP contribution in [-0.2, 0) is 5.75 Å². The molecule has 0 bridgehead atoms. The highest BCUT2D eigenvalue weighted by molar-refractivity contribution is 7.99. The zero-order valence-electron chi connectivity index (χ0n) is 11.6. The second-order valence-corrected chi connectivity index (χ2v) is 6.47. The van der Waals surface area contributed by atoms with Crippen LogP contribution >= 0.6 is 23.3 Å². The molecule has 0 saturated heterocycles. The summed E-state index contributed by atoms with van der Waals surface area (Å²) in [6.45, 7) is 6.33. The summed E-state index contributed by atoms with van der Waals surface area (Å²) < 4.78 is 9.66. The molecule has 0 aliphatic carbocycles. The molecule has 0 fully saturated rings. The topological polar surface area (TPSA) is 63.8 Å². The number of hydrogen-bond acceptors (Lipinski definition) is 7. The van der Waals surface area contributed by atoms with Crippen molar-refractivity contribution in [3.63, 3.8) is 0 Å². The lowest BCUT2D eigenvalue weighted by atomic mass is 10.2. The lowest BCUT2D eigenvalue weighted by Gasteiger charge is -2.04. The van der Waals surface area contributed by atoms with Crippen LogP contribution in [0.4, 0.5) is 5.00 Å². The molecule has 5 nitrogen and oxygen atoms in total. The number of rotatable bonds is 6. The largest absolute Gasteiger partial charge is 0.378 e. The highest BCUT2D eigenvalue weighted by atomic mass is 32.2. The first kappa shape index (κ1) is 14.3. The van der Waals surface area contributed by atoms with Gasteiger partial charge in [-0.3, -0.25) is 0 Å². The molecule has 1 unspecified atom stereocenters. The molecule has 7 heteroatoms. The zero-order valence-corrected chi connectivity index (χ0v) is 13.2. The van der Waals surface area contributed by atoms with Gasteiger partial charge in [0.15, 0.2) is 5.82 Å². The molecule has 2 aromatic heterocycles. The molecular formula is C12H18N4OS2. The molecule has 0 saturated carbocycles. The smallest absolute Gasteiger partial charge is 0.262 e. The minimum Gasteiger partial charge on any atom is -0.378 e. The molecule has 104 valence electrons. The van der Waals surface area contributed by atoms with Gasteiger partial charge in [0, 0.05) is 12.3 Å². The maximum atomic E-state index is 5.35. The quantitative estimate of drug-likeness (QED) is 0.879. The van der Waals surface area contributed by atoms with Crippen LogP contribution < -0.4 is 5.32 Å². The van der Waals surface area contributed by atoms with Crippen molar-refractivity contribution in [2.24, 2.45) is 0 Å². The fraction of sp³-hybridized carbons (Fsp3) is 0.583. The summed E-state index contributed by atoms with van der Waals surface area (Å²) in [7, 11) is 1.87. The van der Waals surface area contributed by atoms with Gasteiger partial charge >= 0.3 is 0 Å². The number of nitrogens with zero attached hydrogens (tertiary/aromatic N) is 3. The third-order valence-corrected chi connectivity index (χ3v) is 5.13. The van der Waals surface area contributed by atoms with Gasteiger partial charge in [-0.05, 0) is 24.9 Å². The first-order chi connectivity index (χ1) is 9.15. The van der Waals surface area contributed by atoms with E-state index in [0.717, 1.165) is 34.3 Å². The van der Waals surface area contributed by atoms with Crippen LogP contribution in [0.1, 0.15) is 31.8 Å². The van der Waals surface area contributed by atoms with Gasteiger partial charge in [-0.15, -0.1) is 0 Å². The monoisotopic (exact) mass is 298 g/mol. The van der Waals surface area contributed by atoms with Crippen LogP contribution in [0, 0.1) is 6.92 Å². The molecule has 2 rings (SSSR count). The highest BCUT2D eigenvalue weighted by Crippen LogP contribution is 2.33. The molecule has 2 heterocycles. The predicted molar refractivity (Wildman–Crippen MR) is 80.7 cm³/mol. The predicted octanol–water partition coefficient (Wildman–Crippen LogP) is 3.57. The summed E-state index contributed by atoms with van der Waals surface area (Å²) >= 11 is 3.25. The van der Waals surface area contributed by atoms with E-state index in [4.69, 9.17) is 4.52 Å². The lowest BCUT2D eigenvalue weighted by molar-refractivity contribution is 0.425. The molecule has 0 spiro atoms. The summed E-state index contributed by atoms with van der Waals surface area (Å²) in [6.07, 6.45) is 1.15. The minimum atomic E-state index is 0.551. The number of nitrogens with one attached hydrogen (secondary N) is 1. The van der Waals surface area contributed by atoms with Crippen LogP contribution in [0.5, 0.6) is 0 Å². The molecule has 1 atom stereocenters. The maximum Gasteiger partial charge on any atom is 0.262 e. The Morgan fingerprint density at radius 2 is 2.26 bits per heavy atom. The van der Waals surface area contributed by atoms with E-state index in [1.165, 1.54) is 11.5 Å². The van der Waals surface area contributed by atoms with Crippen LogP contribution in [0.25, 0.3) is 11.5 Å². The Balaban J connectivity index is 2.14.